The smallest absolute Gasteiger partial charge is 0.126 e. The van der Waals surface area contributed by atoms with E-state index in [2.05, 4.69) is 11.4 Å². The largest absolute Gasteiger partial charge is 0.317 e. The number of aryl methyl sites for hydroxylation is 1. The van der Waals surface area contributed by atoms with Crippen molar-refractivity contribution in [1.82, 2.24) is 5.32 Å². The molecule has 0 atom stereocenters. The zero-order valence-electron chi connectivity index (χ0n) is 8.68. The summed E-state index contributed by atoms with van der Waals surface area (Å²) in [5.41, 5.74) is 1.89. The van der Waals surface area contributed by atoms with E-state index in [1.54, 1.807) is 13.0 Å². The molecule has 0 saturated heterocycles. The number of halogens is 1. The monoisotopic (exact) mass is 193 g/mol. The van der Waals surface area contributed by atoms with Gasteiger partial charge in [0.15, 0.2) is 0 Å². The zero-order valence-corrected chi connectivity index (χ0v) is 8.68. The predicted molar refractivity (Wildman–Crippen MR) is 56.0 cm³/mol. The van der Waals surface area contributed by atoms with Gasteiger partial charge in [-0.3, -0.25) is 0 Å². The molecule has 0 radical (unpaired) electrons. The highest BCUT2D eigenvalue weighted by molar-refractivity contribution is 5.28. The Kier molecular flexibility index (Phi) is 2.55. The predicted octanol–water partition coefficient (Wildman–Crippen LogP) is 2.60. The van der Waals surface area contributed by atoms with E-state index in [9.17, 15) is 4.39 Å². The molecule has 1 aromatic carbocycles. The van der Waals surface area contributed by atoms with Crippen molar-refractivity contribution in [3.05, 3.63) is 35.1 Å². The third-order valence-electron chi connectivity index (χ3n) is 3.21. The molecule has 1 fully saturated rings. The SMILES string of the molecule is CNC1CC(c2ccc(C)c(F)c2)C1. The summed E-state index contributed by atoms with van der Waals surface area (Å²) in [6.07, 6.45) is 2.28. The maximum atomic E-state index is 13.3. The molecular weight excluding hydrogens is 177 g/mol. The quantitative estimate of drug-likeness (QED) is 0.761. The van der Waals surface area contributed by atoms with Crippen molar-refractivity contribution in [3.63, 3.8) is 0 Å². The van der Waals surface area contributed by atoms with Gasteiger partial charge in [0, 0.05) is 6.04 Å². The summed E-state index contributed by atoms with van der Waals surface area (Å²) in [4.78, 5) is 0. The molecule has 1 nitrogen and oxygen atoms in total. The summed E-state index contributed by atoms with van der Waals surface area (Å²) in [7, 11) is 1.98. The molecule has 0 aromatic heterocycles. The summed E-state index contributed by atoms with van der Waals surface area (Å²) < 4.78 is 13.3. The normalized spacial score (nSPS) is 25.9. The van der Waals surface area contributed by atoms with Crippen LogP contribution in [-0.4, -0.2) is 13.1 Å². The second-order valence-corrected chi connectivity index (χ2v) is 4.16. The Morgan fingerprint density at radius 3 is 2.64 bits per heavy atom. The van der Waals surface area contributed by atoms with Gasteiger partial charge in [0.05, 0.1) is 0 Å². The van der Waals surface area contributed by atoms with E-state index in [4.69, 9.17) is 0 Å². The Bertz CT molecular complexity index is 329. The van der Waals surface area contributed by atoms with Gasteiger partial charge in [0.1, 0.15) is 5.82 Å². The third-order valence-corrected chi connectivity index (χ3v) is 3.21. The van der Waals surface area contributed by atoms with Gasteiger partial charge in [-0.2, -0.15) is 0 Å². The second kappa shape index (κ2) is 3.70. The molecule has 2 rings (SSSR count). The van der Waals surface area contributed by atoms with Crippen molar-refractivity contribution in [2.75, 3.05) is 7.05 Å². The minimum atomic E-state index is -0.0737. The minimum Gasteiger partial charge on any atom is -0.317 e. The zero-order chi connectivity index (χ0) is 10.1. The van der Waals surface area contributed by atoms with Crippen LogP contribution in [0, 0.1) is 12.7 Å². The van der Waals surface area contributed by atoms with E-state index in [0.717, 1.165) is 24.0 Å². The lowest BCUT2D eigenvalue weighted by molar-refractivity contribution is 0.306. The highest BCUT2D eigenvalue weighted by Gasteiger charge is 2.29. The fourth-order valence-electron chi connectivity index (χ4n) is 1.99. The van der Waals surface area contributed by atoms with Crippen LogP contribution in [0.1, 0.15) is 29.9 Å². The molecule has 0 amide bonds. The van der Waals surface area contributed by atoms with Gasteiger partial charge in [-0.15, -0.1) is 0 Å². The van der Waals surface area contributed by atoms with Crippen molar-refractivity contribution < 1.29 is 4.39 Å². The van der Waals surface area contributed by atoms with Crippen molar-refractivity contribution in [1.29, 1.82) is 0 Å². The summed E-state index contributed by atoms with van der Waals surface area (Å²) in [5, 5.41) is 3.23. The Labute approximate surface area is 84.3 Å². The van der Waals surface area contributed by atoms with Crippen molar-refractivity contribution in [3.8, 4) is 0 Å². The van der Waals surface area contributed by atoms with E-state index in [1.165, 1.54) is 0 Å². The van der Waals surface area contributed by atoms with Gasteiger partial charge in [-0.05, 0) is 49.9 Å². The van der Waals surface area contributed by atoms with Crippen LogP contribution in [-0.2, 0) is 0 Å². The summed E-state index contributed by atoms with van der Waals surface area (Å²) in [6.45, 7) is 1.80. The Balaban J connectivity index is 2.08. The molecule has 1 saturated carbocycles. The van der Waals surface area contributed by atoms with Gasteiger partial charge in [-0.25, -0.2) is 4.39 Å². The average molecular weight is 193 g/mol. The number of nitrogens with one attached hydrogen (secondary N) is 1. The minimum absolute atomic E-state index is 0.0737. The van der Waals surface area contributed by atoms with E-state index in [1.807, 2.05) is 13.1 Å². The van der Waals surface area contributed by atoms with Crippen LogP contribution in [0.5, 0.6) is 0 Å². The highest BCUT2D eigenvalue weighted by Crippen LogP contribution is 2.36. The molecule has 1 aromatic rings. The Hall–Kier alpha value is -0.890. The van der Waals surface area contributed by atoms with E-state index in [-0.39, 0.29) is 5.82 Å². The molecule has 1 aliphatic carbocycles. The lowest BCUT2D eigenvalue weighted by Gasteiger charge is -2.35. The van der Waals surface area contributed by atoms with Crippen molar-refractivity contribution in [2.45, 2.75) is 31.7 Å². The highest BCUT2D eigenvalue weighted by atomic mass is 19.1. The molecule has 1 aliphatic rings. The first-order valence-electron chi connectivity index (χ1n) is 5.14. The van der Waals surface area contributed by atoms with Crippen molar-refractivity contribution >= 4 is 0 Å². The third kappa shape index (κ3) is 1.67. The van der Waals surface area contributed by atoms with Gasteiger partial charge in [0.2, 0.25) is 0 Å². The van der Waals surface area contributed by atoms with Crippen LogP contribution < -0.4 is 5.32 Å². The molecule has 76 valence electrons. The summed E-state index contributed by atoms with van der Waals surface area (Å²) in [5.74, 6) is 0.484. The van der Waals surface area contributed by atoms with Crippen LogP contribution in [0.15, 0.2) is 18.2 Å². The number of hydrogen-bond acceptors (Lipinski definition) is 1. The number of rotatable bonds is 2. The first kappa shape index (κ1) is 9.66. The first-order valence-corrected chi connectivity index (χ1v) is 5.14. The maximum Gasteiger partial charge on any atom is 0.126 e. The van der Waals surface area contributed by atoms with Crippen LogP contribution in [0.3, 0.4) is 0 Å². The lowest BCUT2D eigenvalue weighted by atomic mass is 9.76. The molecule has 14 heavy (non-hydrogen) atoms. The van der Waals surface area contributed by atoms with Crippen LogP contribution in [0.2, 0.25) is 0 Å². The molecule has 0 heterocycles. The van der Waals surface area contributed by atoms with Crippen LogP contribution in [0.25, 0.3) is 0 Å². The fourth-order valence-corrected chi connectivity index (χ4v) is 1.99. The lowest BCUT2D eigenvalue weighted by Crippen LogP contribution is -2.37. The molecular formula is C12H16FN. The maximum absolute atomic E-state index is 13.3. The molecule has 0 spiro atoms. The first-order chi connectivity index (χ1) is 6.70. The second-order valence-electron chi connectivity index (χ2n) is 4.16. The van der Waals surface area contributed by atoms with Gasteiger partial charge < -0.3 is 5.32 Å². The number of hydrogen-bond donors (Lipinski definition) is 1. The fraction of sp³-hybridized carbons (Fsp3) is 0.500. The standard InChI is InChI=1S/C12H16FN/c1-8-3-4-9(7-12(8)13)10-5-11(6-10)14-2/h3-4,7,10-11,14H,5-6H2,1-2H3. The van der Waals surface area contributed by atoms with E-state index >= 15 is 0 Å². The molecule has 0 unspecified atom stereocenters. The summed E-state index contributed by atoms with van der Waals surface area (Å²) in [6, 6.07) is 6.24. The van der Waals surface area contributed by atoms with Gasteiger partial charge >= 0.3 is 0 Å². The van der Waals surface area contributed by atoms with E-state index < -0.39 is 0 Å². The van der Waals surface area contributed by atoms with E-state index in [0.29, 0.717) is 12.0 Å². The van der Waals surface area contributed by atoms with Crippen molar-refractivity contribution in [2.24, 2.45) is 0 Å². The molecule has 0 bridgehead atoms. The molecule has 2 heteroatoms. The summed E-state index contributed by atoms with van der Waals surface area (Å²) >= 11 is 0. The average Bonchev–Trinajstić information content (AvgIpc) is 2.09. The van der Waals surface area contributed by atoms with Gasteiger partial charge in [-0.1, -0.05) is 12.1 Å². The Morgan fingerprint density at radius 1 is 1.36 bits per heavy atom. The van der Waals surface area contributed by atoms with Gasteiger partial charge in [0.25, 0.3) is 0 Å². The van der Waals surface area contributed by atoms with Crippen LogP contribution >= 0.6 is 0 Å². The van der Waals surface area contributed by atoms with Crippen LogP contribution in [0.4, 0.5) is 4.39 Å². The molecule has 1 N–H and O–H groups in total. The molecule has 0 aliphatic heterocycles. The Morgan fingerprint density at radius 2 is 2.07 bits per heavy atom. The topological polar surface area (TPSA) is 12.0 Å². The number of benzene rings is 1.